The van der Waals surface area contributed by atoms with Crippen LogP contribution < -0.4 is 19.8 Å². The van der Waals surface area contributed by atoms with Crippen molar-refractivity contribution in [1.82, 2.24) is 4.98 Å². The first kappa shape index (κ1) is 29.9. The van der Waals surface area contributed by atoms with Crippen molar-refractivity contribution >= 4 is 63.8 Å². The standard InChI is InChI=1S/C29H18ClF4N3O5S2/c30-13-5-10-19(42-12-20(38)35-18-4-2-1-3-17(18)29(32,33)34)16(11-13)21-22-24(43-25-23(21)44-28(41)36-25)27(40)37(26(22)39)15-8-6-14(31)7-9-15/h1-11,21-22,24H,12H2,(H,35,38)(H,36,41)/t21-,22?,24?/m1/s1. The lowest BCUT2D eigenvalue weighted by Crippen LogP contribution is -2.32. The molecule has 4 aromatic rings. The van der Waals surface area contributed by atoms with E-state index < -0.39 is 69.5 Å². The Bertz CT molecular complexity index is 1860. The Balaban J connectivity index is 1.34. The van der Waals surface area contributed by atoms with Crippen LogP contribution in [0, 0.1) is 11.7 Å². The molecular formula is C29H18ClF4N3O5S2. The number of hydrogen-bond donors (Lipinski definition) is 2. The van der Waals surface area contributed by atoms with Crippen LogP contribution in [0.5, 0.6) is 5.75 Å². The number of thioether (sulfide) groups is 1. The van der Waals surface area contributed by atoms with E-state index in [0.29, 0.717) is 9.90 Å². The highest BCUT2D eigenvalue weighted by Crippen LogP contribution is 2.54. The number of aromatic amines is 1. The third kappa shape index (κ3) is 5.48. The Labute approximate surface area is 259 Å². The molecule has 2 aliphatic heterocycles. The van der Waals surface area contributed by atoms with Crippen molar-refractivity contribution in [2.24, 2.45) is 5.92 Å². The molecule has 3 amide bonds. The van der Waals surface area contributed by atoms with Crippen molar-refractivity contribution in [3.05, 3.63) is 103 Å². The quantitative estimate of drug-likeness (QED) is 0.192. The molecule has 44 heavy (non-hydrogen) atoms. The van der Waals surface area contributed by atoms with Crippen molar-refractivity contribution in [3.63, 3.8) is 0 Å². The number of nitrogens with one attached hydrogen (secondary N) is 2. The zero-order valence-corrected chi connectivity index (χ0v) is 24.4. The number of H-pyrrole nitrogens is 1. The number of para-hydroxylation sites is 1. The van der Waals surface area contributed by atoms with Crippen LogP contribution >= 0.6 is 34.7 Å². The van der Waals surface area contributed by atoms with Gasteiger partial charge in [-0.15, -0.1) is 0 Å². The highest BCUT2D eigenvalue weighted by Gasteiger charge is 2.57. The van der Waals surface area contributed by atoms with Gasteiger partial charge >= 0.3 is 11.0 Å². The Morgan fingerprint density at radius 3 is 2.48 bits per heavy atom. The number of thiazole rings is 1. The Morgan fingerprint density at radius 2 is 1.75 bits per heavy atom. The predicted molar refractivity (Wildman–Crippen MR) is 156 cm³/mol. The van der Waals surface area contributed by atoms with Crippen LogP contribution in [0.1, 0.15) is 21.9 Å². The fourth-order valence-corrected chi connectivity index (χ4v) is 7.95. The minimum absolute atomic E-state index is 0.0663. The molecule has 2 N–H and O–H groups in total. The van der Waals surface area contributed by atoms with Gasteiger partial charge in [0, 0.05) is 21.4 Å². The minimum Gasteiger partial charge on any atom is -0.483 e. The molecule has 0 bridgehead atoms. The van der Waals surface area contributed by atoms with Gasteiger partial charge in [-0.2, -0.15) is 13.2 Å². The number of aromatic nitrogens is 1. The second-order valence-electron chi connectivity index (χ2n) is 9.80. The van der Waals surface area contributed by atoms with Crippen LogP contribution in [0.3, 0.4) is 0 Å². The second-order valence-corrected chi connectivity index (χ2v) is 12.4. The van der Waals surface area contributed by atoms with Crippen molar-refractivity contribution < 1.29 is 36.7 Å². The fourth-order valence-electron chi connectivity index (χ4n) is 5.26. The molecule has 8 nitrogen and oxygen atoms in total. The van der Waals surface area contributed by atoms with E-state index in [1.807, 2.05) is 0 Å². The number of amides is 3. The van der Waals surface area contributed by atoms with Gasteiger partial charge in [0.25, 0.3) is 5.91 Å². The molecule has 3 aromatic carbocycles. The molecule has 2 unspecified atom stereocenters. The van der Waals surface area contributed by atoms with Gasteiger partial charge in [-0.05, 0) is 54.6 Å². The van der Waals surface area contributed by atoms with Crippen LogP contribution in [-0.4, -0.2) is 34.6 Å². The average molecular weight is 664 g/mol. The first-order chi connectivity index (χ1) is 20.9. The van der Waals surface area contributed by atoms with E-state index in [-0.39, 0.29) is 22.0 Å². The monoisotopic (exact) mass is 663 g/mol. The lowest BCUT2D eigenvalue weighted by atomic mass is 9.82. The highest BCUT2D eigenvalue weighted by molar-refractivity contribution is 8.00. The number of ether oxygens (including phenoxy) is 1. The van der Waals surface area contributed by atoms with Gasteiger partial charge in [0.15, 0.2) is 6.61 Å². The van der Waals surface area contributed by atoms with Gasteiger partial charge in [0.2, 0.25) is 11.8 Å². The Hall–Kier alpha value is -4.14. The lowest BCUT2D eigenvalue weighted by molar-refractivity contribution is -0.137. The van der Waals surface area contributed by atoms with E-state index >= 15 is 0 Å². The SMILES string of the molecule is O=C(COc1ccc(Cl)cc1[C@H]1c2sc(=O)[nH]c2SC2C(=O)N(c3ccc(F)cc3)C(=O)C21)Nc1ccccc1C(F)(F)F. The number of imide groups is 1. The molecule has 15 heteroatoms. The van der Waals surface area contributed by atoms with E-state index in [0.717, 1.165) is 52.3 Å². The summed E-state index contributed by atoms with van der Waals surface area (Å²) in [6, 6.07) is 13.7. The predicted octanol–water partition coefficient (Wildman–Crippen LogP) is 6.06. The zero-order chi connectivity index (χ0) is 31.3. The number of alkyl halides is 3. The molecule has 0 aliphatic carbocycles. The summed E-state index contributed by atoms with van der Waals surface area (Å²) in [6.07, 6.45) is -4.70. The third-order valence-electron chi connectivity index (χ3n) is 7.08. The summed E-state index contributed by atoms with van der Waals surface area (Å²) < 4.78 is 59.6. The van der Waals surface area contributed by atoms with Crippen LogP contribution in [0.15, 0.2) is 76.6 Å². The van der Waals surface area contributed by atoms with Gasteiger partial charge in [0.05, 0.1) is 27.9 Å². The van der Waals surface area contributed by atoms with E-state index in [4.69, 9.17) is 16.3 Å². The molecule has 3 atom stereocenters. The van der Waals surface area contributed by atoms with Crippen LogP contribution in [0.2, 0.25) is 5.02 Å². The maximum Gasteiger partial charge on any atom is 0.418 e. The topological polar surface area (TPSA) is 109 Å². The molecule has 2 aliphatic rings. The third-order valence-corrected chi connectivity index (χ3v) is 9.72. The molecule has 0 saturated carbocycles. The molecular weight excluding hydrogens is 646 g/mol. The first-order valence-electron chi connectivity index (χ1n) is 12.8. The number of anilines is 2. The van der Waals surface area contributed by atoms with E-state index in [1.54, 1.807) is 0 Å². The van der Waals surface area contributed by atoms with Gasteiger partial charge in [0.1, 0.15) is 16.8 Å². The molecule has 226 valence electrons. The maximum atomic E-state index is 13.9. The van der Waals surface area contributed by atoms with Gasteiger partial charge in [-0.3, -0.25) is 19.2 Å². The molecule has 1 fully saturated rings. The zero-order valence-electron chi connectivity index (χ0n) is 22.0. The van der Waals surface area contributed by atoms with Crippen LogP contribution in [0.4, 0.5) is 28.9 Å². The molecule has 0 radical (unpaired) electrons. The summed E-state index contributed by atoms with van der Waals surface area (Å²) in [5.74, 6) is -4.49. The normalized spacial score (nSPS) is 19.5. The van der Waals surface area contributed by atoms with Gasteiger partial charge < -0.3 is 15.0 Å². The number of carbonyl (C=O) groups is 3. The van der Waals surface area contributed by atoms with Crippen molar-refractivity contribution in [2.75, 3.05) is 16.8 Å². The molecule has 6 rings (SSSR count). The van der Waals surface area contributed by atoms with Crippen molar-refractivity contribution in [3.8, 4) is 5.75 Å². The number of benzene rings is 3. The van der Waals surface area contributed by atoms with Gasteiger partial charge in [-0.1, -0.05) is 46.8 Å². The molecule has 1 saturated heterocycles. The second kappa shape index (κ2) is 11.4. The number of halogens is 5. The first-order valence-corrected chi connectivity index (χ1v) is 14.9. The van der Waals surface area contributed by atoms with Crippen molar-refractivity contribution in [2.45, 2.75) is 22.4 Å². The molecule has 1 aromatic heterocycles. The van der Waals surface area contributed by atoms with Gasteiger partial charge in [-0.25, -0.2) is 9.29 Å². The van der Waals surface area contributed by atoms with Crippen LogP contribution in [0.25, 0.3) is 0 Å². The summed E-state index contributed by atoms with van der Waals surface area (Å²) in [5.41, 5.74) is -1.02. The minimum atomic E-state index is -4.70. The Kier molecular flexibility index (Phi) is 7.76. The fraction of sp³-hybridized carbons (Fsp3) is 0.172. The summed E-state index contributed by atoms with van der Waals surface area (Å²) in [7, 11) is 0. The summed E-state index contributed by atoms with van der Waals surface area (Å²) in [6.45, 7) is -0.707. The smallest absolute Gasteiger partial charge is 0.418 e. The maximum absolute atomic E-state index is 13.9. The number of nitrogens with zero attached hydrogens (tertiary/aromatic N) is 1. The number of fused-ring (bicyclic) bond motifs is 2. The lowest BCUT2D eigenvalue weighted by Gasteiger charge is -2.31. The summed E-state index contributed by atoms with van der Waals surface area (Å²) in [5, 5.41) is 1.84. The van der Waals surface area contributed by atoms with E-state index in [2.05, 4.69) is 10.3 Å². The van der Waals surface area contributed by atoms with E-state index in [1.165, 1.54) is 42.5 Å². The summed E-state index contributed by atoms with van der Waals surface area (Å²) >= 11 is 8.21. The molecule has 0 spiro atoms. The average Bonchev–Trinajstić information content (AvgIpc) is 3.46. The number of rotatable bonds is 6. The molecule has 3 heterocycles. The Morgan fingerprint density at radius 1 is 1.02 bits per heavy atom. The highest BCUT2D eigenvalue weighted by atomic mass is 35.5. The summed E-state index contributed by atoms with van der Waals surface area (Å²) in [4.78, 5) is 56.3. The van der Waals surface area contributed by atoms with Crippen molar-refractivity contribution in [1.29, 1.82) is 0 Å². The number of hydrogen-bond acceptors (Lipinski definition) is 7. The van der Waals surface area contributed by atoms with E-state index in [9.17, 15) is 36.7 Å². The largest absolute Gasteiger partial charge is 0.483 e. The number of carbonyl (C=O) groups excluding carboxylic acids is 3. The van der Waals surface area contributed by atoms with Crippen LogP contribution in [-0.2, 0) is 20.6 Å².